The number of hydrogen-bond donors (Lipinski definition) is 1. The molecule has 1 rings (SSSR count). The van der Waals surface area contributed by atoms with E-state index in [1.54, 1.807) is 0 Å². The molecule has 80 valence electrons. The molecule has 14 heavy (non-hydrogen) atoms. The monoisotopic (exact) mass is 195 g/mol. The van der Waals surface area contributed by atoms with Crippen molar-refractivity contribution in [1.82, 2.24) is 15.1 Å². The minimum Gasteiger partial charge on any atom is -0.308 e. The zero-order valence-electron chi connectivity index (χ0n) is 9.45. The highest BCUT2D eigenvalue weighted by Gasteiger charge is 2.05. The van der Waals surface area contributed by atoms with Crippen LogP contribution in [-0.2, 0) is 13.6 Å². The van der Waals surface area contributed by atoms with Crippen LogP contribution < -0.4 is 5.32 Å². The molecule has 3 heteroatoms. The van der Waals surface area contributed by atoms with Gasteiger partial charge in [-0.25, -0.2) is 0 Å². The molecule has 1 unspecified atom stereocenters. The molecule has 0 radical (unpaired) electrons. The molecule has 0 saturated carbocycles. The van der Waals surface area contributed by atoms with E-state index in [9.17, 15) is 0 Å². The maximum atomic E-state index is 4.14. The Labute approximate surface area is 86.5 Å². The smallest absolute Gasteiger partial charge is 0.0518 e. The van der Waals surface area contributed by atoms with Crippen LogP contribution in [0, 0.1) is 0 Å². The molecule has 3 nitrogen and oxygen atoms in total. The first-order chi connectivity index (χ1) is 6.77. The highest BCUT2D eigenvalue weighted by atomic mass is 15.3. The zero-order valence-corrected chi connectivity index (χ0v) is 9.45. The van der Waals surface area contributed by atoms with Gasteiger partial charge in [0.25, 0.3) is 0 Å². The third-order valence-electron chi connectivity index (χ3n) is 2.62. The summed E-state index contributed by atoms with van der Waals surface area (Å²) in [7, 11) is 1.98. The SMILES string of the molecule is CCCC(CC)NCc1ccnn1C. The average Bonchev–Trinajstić information content (AvgIpc) is 2.59. The molecule has 1 N–H and O–H groups in total. The van der Waals surface area contributed by atoms with Crippen molar-refractivity contribution in [1.29, 1.82) is 0 Å². The van der Waals surface area contributed by atoms with Gasteiger partial charge in [0.1, 0.15) is 0 Å². The second-order valence-electron chi connectivity index (χ2n) is 3.72. The lowest BCUT2D eigenvalue weighted by Crippen LogP contribution is -2.28. The van der Waals surface area contributed by atoms with Crippen molar-refractivity contribution in [2.45, 2.75) is 45.7 Å². The van der Waals surface area contributed by atoms with E-state index in [1.807, 2.05) is 17.9 Å². The second kappa shape index (κ2) is 5.81. The molecule has 0 aliphatic rings. The molecular weight excluding hydrogens is 174 g/mol. The first-order valence-corrected chi connectivity index (χ1v) is 5.48. The molecule has 0 aliphatic carbocycles. The fourth-order valence-electron chi connectivity index (χ4n) is 1.62. The van der Waals surface area contributed by atoms with Crippen LogP contribution in [0.25, 0.3) is 0 Å². The second-order valence-corrected chi connectivity index (χ2v) is 3.72. The highest BCUT2D eigenvalue weighted by Crippen LogP contribution is 2.03. The van der Waals surface area contributed by atoms with Gasteiger partial charge in [-0.05, 0) is 18.9 Å². The number of nitrogens with one attached hydrogen (secondary N) is 1. The largest absolute Gasteiger partial charge is 0.308 e. The minimum atomic E-state index is 0.648. The van der Waals surface area contributed by atoms with Gasteiger partial charge in [0.2, 0.25) is 0 Å². The zero-order chi connectivity index (χ0) is 10.4. The topological polar surface area (TPSA) is 29.9 Å². The Morgan fingerprint density at radius 2 is 2.29 bits per heavy atom. The Bertz CT molecular complexity index is 255. The van der Waals surface area contributed by atoms with Gasteiger partial charge in [0, 0.05) is 25.8 Å². The summed E-state index contributed by atoms with van der Waals surface area (Å²) in [6, 6.07) is 2.71. The van der Waals surface area contributed by atoms with Crippen molar-refractivity contribution in [2.24, 2.45) is 7.05 Å². The third kappa shape index (κ3) is 3.14. The van der Waals surface area contributed by atoms with Crippen molar-refractivity contribution >= 4 is 0 Å². The van der Waals surface area contributed by atoms with E-state index in [2.05, 4.69) is 30.3 Å². The number of aryl methyl sites for hydroxylation is 1. The number of aromatic nitrogens is 2. The Hall–Kier alpha value is -0.830. The van der Waals surface area contributed by atoms with Gasteiger partial charge in [0.05, 0.1) is 5.69 Å². The molecule has 1 aromatic rings. The molecule has 0 bridgehead atoms. The van der Waals surface area contributed by atoms with E-state index in [4.69, 9.17) is 0 Å². The van der Waals surface area contributed by atoms with Crippen LogP contribution in [0.1, 0.15) is 38.8 Å². The van der Waals surface area contributed by atoms with Gasteiger partial charge in [-0.2, -0.15) is 5.10 Å². The van der Waals surface area contributed by atoms with Crippen LogP contribution in [0.5, 0.6) is 0 Å². The van der Waals surface area contributed by atoms with Crippen LogP contribution >= 0.6 is 0 Å². The number of rotatable bonds is 6. The van der Waals surface area contributed by atoms with E-state index in [0.29, 0.717) is 6.04 Å². The Kier molecular flexibility index (Phi) is 4.66. The van der Waals surface area contributed by atoms with Gasteiger partial charge in [-0.15, -0.1) is 0 Å². The van der Waals surface area contributed by atoms with Gasteiger partial charge < -0.3 is 5.32 Å². The molecule has 1 aromatic heterocycles. The van der Waals surface area contributed by atoms with Crippen molar-refractivity contribution in [2.75, 3.05) is 0 Å². The van der Waals surface area contributed by atoms with Crippen molar-refractivity contribution in [3.05, 3.63) is 18.0 Å². The van der Waals surface area contributed by atoms with Crippen molar-refractivity contribution in [3.63, 3.8) is 0 Å². The lowest BCUT2D eigenvalue weighted by Gasteiger charge is -2.15. The Balaban J connectivity index is 2.35. The van der Waals surface area contributed by atoms with Gasteiger partial charge in [0.15, 0.2) is 0 Å². The van der Waals surface area contributed by atoms with Crippen LogP contribution in [0.15, 0.2) is 12.3 Å². The summed E-state index contributed by atoms with van der Waals surface area (Å²) in [5.41, 5.74) is 1.25. The van der Waals surface area contributed by atoms with Crippen LogP contribution in [0.2, 0.25) is 0 Å². The average molecular weight is 195 g/mol. The predicted octanol–water partition coefficient (Wildman–Crippen LogP) is 2.09. The Morgan fingerprint density at radius 1 is 1.50 bits per heavy atom. The predicted molar refractivity (Wildman–Crippen MR) is 59.0 cm³/mol. The normalized spacial score (nSPS) is 13.1. The Morgan fingerprint density at radius 3 is 2.79 bits per heavy atom. The fraction of sp³-hybridized carbons (Fsp3) is 0.727. The van der Waals surface area contributed by atoms with Crippen molar-refractivity contribution < 1.29 is 0 Å². The molecular formula is C11H21N3. The molecule has 1 atom stereocenters. The summed E-state index contributed by atoms with van der Waals surface area (Å²) in [6.45, 7) is 5.39. The maximum Gasteiger partial charge on any atom is 0.0518 e. The van der Waals surface area contributed by atoms with Gasteiger partial charge in [-0.3, -0.25) is 4.68 Å². The van der Waals surface area contributed by atoms with Gasteiger partial charge >= 0.3 is 0 Å². The van der Waals surface area contributed by atoms with E-state index in [1.165, 1.54) is 25.0 Å². The lowest BCUT2D eigenvalue weighted by molar-refractivity contribution is 0.453. The molecule has 1 heterocycles. The summed E-state index contributed by atoms with van der Waals surface area (Å²) in [4.78, 5) is 0. The van der Waals surface area contributed by atoms with E-state index >= 15 is 0 Å². The van der Waals surface area contributed by atoms with Gasteiger partial charge in [-0.1, -0.05) is 20.3 Å². The van der Waals surface area contributed by atoms with Crippen LogP contribution in [-0.4, -0.2) is 15.8 Å². The summed E-state index contributed by atoms with van der Waals surface area (Å²) in [5, 5.41) is 7.70. The molecule has 0 amide bonds. The number of hydrogen-bond acceptors (Lipinski definition) is 2. The molecule has 0 saturated heterocycles. The molecule has 0 aliphatic heterocycles. The fourth-order valence-corrected chi connectivity index (χ4v) is 1.62. The van der Waals surface area contributed by atoms with Crippen LogP contribution in [0.4, 0.5) is 0 Å². The third-order valence-corrected chi connectivity index (χ3v) is 2.62. The van der Waals surface area contributed by atoms with Crippen molar-refractivity contribution in [3.8, 4) is 0 Å². The van der Waals surface area contributed by atoms with E-state index in [-0.39, 0.29) is 0 Å². The van der Waals surface area contributed by atoms with E-state index < -0.39 is 0 Å². The first kappa shape index (κ1) is 11.2. The summed E-state index contributed by atoms with van der Waals surface area (Å²) < 4.78 is 1.92. The molecule has 0 spiro atoms. The number of nitrogens with zero attached hydrogens (tertiary/aromatic N) is 2. The highest BCUT2D eigenvalue weighted by molar-refractivity contribution is 4.99. The maximum absolute atomic E-state index is 4.14. The summed E-state index contributed by atoms with van der Waals surface area (Å²) in [6.07, 6.45) is 5.55. The van der Waals surface area contributed by atoms with Crippen LogP contribution in [0.3, 0.4) is 0 Å². The molecule has 0 fully saturated rings. The lowest BCUT2D eigenvalue weighted by atomic mass is 10.1. The summed E-state index contributed by atoms with van der Waals surface area (Å²) in [5.74, 6) is 0. The van der Waals surface area contributed by atoms with E-state index in [0.717, 1.165) is 6.54 Å². The first-order valence-electron chi connectivity index (χ1n) is 5.48. The molecule has 0 aromatic carbocycles. The standard InChI is InChI=1S/C11H21N3/c1-4-6-10(5-2)12-9-11-7-8-13-14(11)3/h7-8,10,12H,4-6,9H2,1-3H3. The summed E-state index contributed by atoms with van der Waals surface area (Å²) >= 11 is 0. The minimum absolute atomic E-state index is 0.648. The quantitative estimate of drug-likeness (QED) is 0.753.